The lowest BCUT2D eigenvalue weighted by atomic mass is 10.1. The molecule has 2 nitrogen and oxygen atoms in total. The molecule has 0 amide bonds. The van der Waals surface area contributed by atoms with Crippen molar-refractivity contribution in [1.29, 1.82) is 0 Å². The number of furan rings is 1. The fourth-order valence-electron chi connectivity index (χ4n) is 1.38. The second-order valence-electron chi connectivity index (χ2n) is 3.90. The highest BCUT2D eigenvalue weighted by Gasteiger charge is 2.40. The van der Waals surface area contributed by atoms with Crippen molar-refractivity contribution in [3.05, 3.63) is 23.1 Å². The van der Waals surface area contributed by atoms with Crippen molar-refractivity contribution >= 4 is 23.4 Å². The minimum Gasteiger partial charge on any atom is -0.449 e. The molecule has 14 heavy (non-hydrogen) atoms. The van der Waals surface area contributed by atoms with Crippen LogP contribution >= 0.6 is 23.4 Å². The summed E-state index contributed by atoms with van der Waals surface area (Å²) in [5.74, 6) is 2.99. The predicted octanol–water partition coefficient (Wildman–Crippen LogP) is 2.91. The van der Waals surface area contributed by atoms with E-state index in [9.17, 15) is 0 Å². The van der Waals surface area contributed by atoms with Crippen LogP contribution in [0.25, 0.3) is 0 Å². The normalized spacial score (nSPS) is 18.4. The van der Waals surface area contributed by atoms with Gasteiger partial charge in [0.05, 0.1) is 5.75 Å². The maximum atomic E-state index is 5.69. The van der Waals surface area contributed by atoms with Gasteiger partial charge < -0.3 is 10.2 Å². The minimum atomic E-state index is 0.445. The van der Waals surface area contributed by atoms with Crippen LogP contribution in [-0.4, -0.2) is 12.3 Å². The van der Waals surface area contributed by atoms with Crippen LogP contribution in [0.5, 0.6) is 0 Å². The topological polar surface area (TPSA) is 39.2 Å². The number of hydrogen-bond acceptors (Lipinski definition) is 3. The molecule has 0 unspecified atom stereocenters. The molecular weight excluding hydrogens is 218 g/mol. The van der Waals surface area contributed by atoms with Crippen LogP contribution in [0.15, 0.2) is 16.5 Å². The molecule has 0 saturated heterocycles. The Bertz CT molecular complexity index is 309. The van der Waals surface area contributed by atoms with Gasteiger partial charge in [-0.3, -0.25) is 0 Å². The second kappa shape index (κ2) is 4.17. The summed E-state index contributed by atoms with van der Waals surface area (Å²) < 4.78 is 5.27. The van der Waals surface area contributed by atoms with Gasteiger partial charge in [-0.15, -0.1) is 0 Å². The van der Waals surface area contributed by atoms with E-state index in [0.29, 0.717) is 10.6 Å². The van der Waals surface area contributed by atoms with E-state index in [2.05, 4.69) is 0 Å². The third kappa shape index (κ3) is 2.47. The van der Waals surface area contributed by atoms with Crippen LogP contribution in [-0.2, 0) is 5.75 Å². The van der Waals surface area contributed by atoms with Gasteiger partial charge in [-0.2, -0.15) is 11.8 Å². The summed E-state index contributed by atoms with van der Waals surface area (Å²) in [7, 11) is 0. The Morgan fingerprint density at radius 2 is 2.29 bits per heavy atom. The number of nitrogens with two attached hydrogens (primary N) is 1. The second-order valence-corrected chi connectivity index (χ2v) is 5.26. The Hall–Kier alpha value is -0.120. The molecule has 0 spiro atoms. The first-order valence-corrected chi connectivity index (χ1v) is 6.29. The van der Waals surface area contributed by atoms with Crippen molar-refractivity contribution in [2.45, 2.75) is 18.6 Å². The number of thioether (sulfide) groups is 1. The van der Waals surface area contributed by atoms with Gasteiger partial charge in [0.15, 0.2) is 5.22 Å². The van der Waals surface area contributed by atoms with E-state index in [1.54, 1.807) is 6.07 Å². The molecule has 2 rings (SSSR count). The third-order valence-corrected chi connectivity index (χ3v) is 4.18. The summed E-state index contributed by atoms with van der Waals surface area (Å²) in [4.78, 5) is 0. The molecule has 1 saturated carbocycles. The van der Waals surface area contributed by atoms with Gasteiger partial charge in [0.25, 0.3) is 0 Å². The summed E-state index contributed by atoms with van der Waals surface area (Å²) >= 11 is 7.55. The van der Waals surface area contributed by atoms with Crippen molar-refractivity contribution in [2.24, 2.45) is 11.1 Å². The fraction of sp³-hybridized carbons (Fsp3) is 0.600. The molecule has 1 heterocycles. The van der Waals surface area contributed by atoms with E-state index >= 15 is 0 Å². The molecule has 1 aliphatic carbocycles. The van der Waals surface area contributed by atoms with Crippen LogP contribution in [0.1, 0.15) is 18.6 Å². The molecule has 1 aliphatic rings. The molecule has 1 fully saturated rings. The number of hydrogen-bond donors (Lipinski definition) is 1. The Morgan fingerprint density at radius 3 is 2.79 bits per heavy atom. The standard InChI is InChI=1S/C10H14ClNOS/c11-9-2-1-8(13-9)5-14-7-10(6-12)3-4-10/h1-2H,3-7,12H2. The first-order chi connectivity index (χ1) is 6.74. The summed E-state index contributed by atoms with van der Waals surface area (Å²) in [5.41, 5.74) is 6.14. The van der Waals surface area contributed by atoms with E-state index in [0.717, 1.165) is 23.8 Å². The molecule has 1 aromatic rings. The maximum absolute atomic E-state index is 5.69. The van der Waals surface area contributed by atoms with Gasteiger partial charge in [-0.1, -0.05) is 0 Å². The first-order valence-electron chi connectivity index (χ1n) is 4.76. The highest BCUT2D eigenvalue weighted by atomic mass is 35.5. The lowest BCUT2D eigenvalue weighted by molar-refractivity contribution is 0.531. The predicted molar refractivity (Wildman–Crippen MR) is 60.6 cm³/mol. The van der Waals surface area contributed by atoms with Crippen molar-refractivity contribution in [3.8, 4) is 0 Å². The maximum Gasteiger partial charge on any atom is 0.193 e. The highest BCUT2D eigenvalue weighted by Crippen LogP contribution is 2.47. The van der Waals surface area contributed by atoms with Crippen LogP contribution < -0.4 is 5.73 Å². The van der Waals surface area contributed by atoms with Crippen LogP contribution in [0.3, 0.4) is 0 Å². The zero-order chi connectivity index (χ0) is 10.0. The Labute approximate surface area is 93.2 Å². The van der Waals surface area contributed by atoms with Gasteiger partial charge in [0.1, 0.15) is 5.76 Å². The number of halogens is 1. The zero-order valence-electron chi connectivity index (χ0n) is 7.96. The van der Waals surface area contributed by atoms with E-state index in [1.165, 1.54) is 12.8 Å². The zero-order valence-corrected chi connectivity index (χ0v) is 9.53. The molecule has 0 atom stereocenters. The van der Waals surface area contributed by atoms with Crippen LogP contribution in [0, 0.1) is 5.41 Å². The van der Waals surface area contributed by atoms with Gasteiger partial charge in [0.2, 0.25) is 0 Å². The quantitative estimate of drug-likeness (QED) is 0.847. The summed E-state index contributed by atoms with van der Waals surface area (Å²) in [6, 6.07) is 3.71. The smallest absolute Gasteiger partial charge is 0.193 e. The van der Waals surface area contributed by atoms with Crippen molar-refractivity contribution in [1.82, 2.24) is 0 Å². The Morgan fingerprint density at radius 1 is 1.50 bits per heavy atom. The molecule has 0 radical (unpaired) electrons. The van der Waals surface area contributed by atoms with Crippen LogP contribution in [0.4, 0.5) is 0 Å². The first kappa shape index (κ1) is 10.4. The fourth-order valence-corrected chi connectivity index (χ4v) is 2.84. The number of rotatable bonds is 5. The SMILES string of the molecule is NCC1(CSCc2ccc(Cl)o2)CC1. The van der Waals surface area contributed by atoms with E-state index in [4.69, 9.17) is 21.8 Å². The van der Waals surface area contributed by atoms with Crippen molar-refractivity contribution < 1.29 is 4.42 Å². The van der Waals surface area contributed by atoms with Gasteiger partial charge in [-0.05, 0) is 48.5 Å². The Kier molecular flexibility index (Phi) is 3.10. The molecule has 1 aromatic heterocycles. The molecule has 0 bridgehead atoms. The minimum absolute atomic E-state index is 0.445. The largest absolute Gasteiger partial charge is 0.449 e. The van der Waals surface area contributed by atoms with Crippen molar-refractivity contribution in [2.75, 3.05) is 12.3 Å². The molecule has 0 aromatic carbocycles. The highest BCUT2D eigenvalue weighted by molar-refractivity contribution is 7.98. The third-order valence-electron chi connectivity index (χ3n) is 2.67. The lowest BCUT2D eigenvalue weighted by Gasteiger charge is -2.09. The van der Waals surface area contributed by atoms with E-state index in [-0.39, 0.29) is 0 Å². The molecule has 2 N–H and O–H groups in total. The van der Waals surface area contributed by atoms with Gasteiger partial charge in [-0.25, -0.2) is 0 Å². The van der Waals surface area contributed by atoms with Gasteiger partial charge >= 0.3 is 0 Å². The molecular formula is C10H14ClNOS. The summed E-state index contributed by atoms with van der Waals surface area (Å²) in [6.07, 6.45) is 2.57. The van der Waals surface area contributed by atoms with E-state index < -0.39 is 0 Å². The average molecular weight is 232 g/mol. The lowest BCUT2D eigenvalue weighted by Crippen LogP contribution is -2.17. The average Bonchev–Trinajstić information content (AvgIpc) is 2.84. The molecule has 4 heteroatoms. The van der Waals surface area contributed by atoms with Crippen molar-refractivity contribution in [3.63, 3.8) is 0 Å². The summed E-state index contributed by atoms with van der Waals surface area (Å²) in [5, 5.41) is 0.473. The monoisotopic (exact) mass is 231 g/mol. The summed E-state index contributed by atoms with van der Waals surface area (Å²) in [6.45, 7) is 0.818. The molecule has 78 valence electrons. The van der Waals surface area contributed by atoms with Crippen LogP contribution in [0.2, 0.25) is 5.22 Å². The van der Waals surface area contributed by atoms with E-state index in [1.807, 2.05) is 17.8 Å². The van der Waals surface area contributed by atoms with Gasteiger partial charge in [0, 0.05) is 5.75 Å². The molecule has 0 aliphatic heterocycles. The Balaban J connectivity index is 1.73.